The minimum absolute atomic E-state index is 0.132. The first-order valence-corrected chi connectivity index (χ1v) is 9.00. The van der Waals surface area contributed by atoms with Gasteiger partial charge in [-0.2, -0.15) is 0 Å². The number of anilines is 2. The summed E-state index contributed by atoms with van der Waals surface area (Å²) in [5, 5.41) is 3.22. The lowest BCUT2D eigenvalue weighted by Gasteiger charge is -2.23. The van der Waals surface area contributed by atoms with Gasteiger partial charge in [0.05, 0.1) is 5.69 Å². The molecule has 0 fully saturated rings. The first-order chi connectivity index (χ1) is 10.7. The molecule has 0 bridgehead atoms. The maximum absolute atomic E-state index is 12.8. The Morgan fingerprint density at radius 1 is 1.09 bits per heavy atom. The summed E-state index contributed by atoms with van der Waals surface area (Å²) >= 11 is 0. The summed E-state index contributed by atoms with van der Waals surface area (Å²) in [6.07, 6.45) is 1.40. The molecule has 1 aromatic heterocycles. The first-order valence-electron chi connectivity index (χ1n) is 7.56. The van der Waals surface area contributed by atoms with Crippen molar-refractivity contribution in [3.63, 3.8) is 0 Å². The molecule has 1 N–H and O–H groups in total. The van der Waals surface area contributed by atoms with Crippen LogP contribution in [0.2, 0.25) is 0 Å². The van der Waals surface area contributed by atoms with Crippen molar-refractivity contribution in [3.05, 3.63) is 48.7 Å². The van der Waals surface area contributed by atoms with E-state index in [9.17, 15) is 8.42 Å². The van der Waals surface area contributed by atoms with Gasteiger partial charge < -0.3 is 5.32 Å². The molecule has 0 saturated carbocycles. The van der Waals surface area contributed by atoms with Gasteiger partial charge in [-0.1, -0.05) is 18.2 Å². The van der Waals surface area contributed by atoms with Crippen LogP contribution in [0.4, 0.5) is 11.5 Å². The maximum Gasteiger partial charge on any atom is 0.265 e. The number of pyridine rings is 1. The molecule has 0 atom stereocenters. The number of sulfonamides is 1. The van der Waals surface area contributed by atoms with Crippen LogP contribution < -0.4 is 9.62 Å². The standard InChI is InChI=1S/C17H23N3O2S/c1-5-20(14-9-7-6-8-10-14)23(21,22)15-11-12-16(18-13-15)19-17(2,3)4/h6-13H,5H2,1-4H3,(H,18,19). The van der Waals surface area contributed by atoms with E-state index in [2.05, 4.69) is 10.3 Å². The molecule has 124 valence electrons. The Morgan fingerprint density at radius 2 is 1.74 bits per heavy atom. The van der Waals surface area contributed by atoms with Crippen molar-refractivity contribution in [2.45, 2.75) is 38.1 Å². The van der Waals surface area contributed by atoms with E-state index in [1.54, 1.807) is 24.3 Å². The second-order valence-corrected chi connectivity index (χ2v) is 8.12. The van der Waals surface area contributed by atoms with Crippen molar-refractivity contribution in [3.8, 4) is 0 Å². The Labute approximate surface area is 138 Å². The molecule has 5 nitrogen and oxygen atoms in total. The van der Waals surface area contributed by atoms with Gasteiger partial charge >= 0.3 is 0 Å². The van der Waals surface area contributed by atoms with E-state index in [0.29, 0.717) is 18.1 Å². The van der Waals surface area contributed by atoms with E-state index in [0.717, 1.165) is 0 Å². The smallest absolute Gasteiger partial charge is 0.265 e. The van der Waals surface area contributed by atoms with Crippen LogP contribution in [-0.2, 0) is 10.0 Å². The summed E-state index contributed by atoms with van der Waals surface area (Å²) < 4.78 is 27.0. The molecule has 23 heavy (non-hydrogen) atoms. The van der Waals surface area contributed by atoms with Crippen LogP contribution in [0, 0.1) is 0 Å². The third kappa shape index (κ3) is 4.22. The maximum atomic E-state index is 12.8. The Hall–Kier alpha value is -2.08. The fourth-order valence-electron chi connectivity index (χ4n) is 2.20. The highest BCUT2D eigenvalue weighted by Crippen LogP contribution is 2.23. The Balaban J connectivity index is 2.32. The number of rotatable bonds is 5. The van der Waals surface area contributed by atoms with E-state index in [4.69, 9.17) is 0 Å². The zero-order valence-corrected chi connectivity index (χ0v) is 14.8. The number of nitrogens with zero attached hydrogens (tertiary/aromatic N) is 2. The van der Waals surface area contributed by atoms with Crippen LogP contribution in [0.15, 0.2) is 53.6 Å². The molecular formula is C17H23N3O2S. The number of aromatic nitrogens is 1. The third-order valence-corrected chi connectivity index (χ3v) is 5.05. The number of para-hydroxylation sites is 1. The zero-order chi connectivity index (χ0) is 17.1. The summed E-state index contributed by atoms with van der Waals surface area (Å²) in [7, 11) is -3.62. The fraction of sp³-hybridized carbons (Fsp3) is 0.353. The summed E-state index contributed by atoms with van der Waals surface area (Å²) in [6.45, 7) is 8.23. The second-order valence-electron chi connectivity index (χ2n) is 6.26. The molecule has 6 heteroatoms. The number of hydrogen-bond donors (Lipinski definition) is 1. The Kier molecular flexibility index (Phi) is 4.94. The zero-order valence-electron chi connectivity index (χ0n) is 13.9. The molecule has 1 heterocycles. The van der Waals surface area contributed by atoms with Crippen LogP contribution in [0.3, 0.4) is 0 Å². The van der Waals surface area contributed by atoms with Crippen LogP contribution in [0.1, 0.15) is 27.7 Å². The third-order valence-electron chi connectivity index (χ3n) is 3.16. The quantitative estimate of drug-likeness (QED) is 0.909. The monoisotopic (exact) mass is 333 g/mol. The highest BCUT2D eigenvalue weighted by Gasteiger charge is 2.24. The molecule has 0 unspecified atom stereocenters. The van der Waals surface area contributed by atoms with Gasteiger partial charge in [-0.25, -0.2) is 13.4 Å². The first kappa shape index (κ1) is 17.3. The second kappa shape index (κ2) is 6.58. The lowest BCUT2D eigenvalue weighted by atomic mass is 10.1. The van der Waals surface area contributed by atoms with Crippen molar-refractivity contribution >= 4 is 21.5 Å². The summed E-state index contributed by atoms with van der Waals surface area (Å²) in [4.78, 5) is 4.41. The van der Waals surface area contributed by atoms with Gasteiger partial charge in [0.1, 0.15) is 10.7 Å². The van der Waals surface area contributed by atoms with E-state index in [1.165, 1.54) is 10.5 Å². The van der Waals surface area contributed by atoms with E-state index in [-0.39, 0.29) is 10.4 Å². The Morgan fingerprint density at radius 3 is 2.22 bits per heavy atom. The minimum Gasteiger partial charge on any atom is -0.365 e. The largest absolute Gasteiger partial charge is 0.365 e. The van der Waals surface area contributed by atoms with E-state index < -0.39 is 10.0 Å². The molecule has 0 saturated heterocycles. The SMILES string of the molecule is CCN(c1ccccc1)S(=O)(=O)c1ccc(NC(C)(C)C)nc1. The number of benzene rings is 1. The van der Waals surface area contributed by atoms with Crippen molar-refractivity contribution in [2.24, 2.45) is 0 Å². The lowest BCUT2D eigenvalue weighted by molar-refractivity contribution is 0.591. The molecule has 0 amide bonds. The van der Waals surface area contributed by atoms with Crippen LogP contribution in [0.25, 0.3) is 0 Å². The van der Waals surface area contributed by atoms with Gasteiger partial charge in [0.2, 0.25) is 0 Å². The minimum atomic E-state index is -3.62. The molecule has 0 spiro atoms. The van der Waals surface area contributed by atoms with E-state index >= 15 is 0 Å². The van der Waals surface area contributed by atoms with Crippen molar-refractivity contribution in [1.29, 1.82) is 0 Å². The predicted molar refractivity (Wildman–Crippen MR) is 94.3 cm³/mol. The average Bonchev–Trinajstić information content (AvgIpc) is 2.47. The lowest BCUT2D eigenvalue weighted by Crippen LogP contribution is -2.31. The molecule has 0 aliphatic heterocycles. The van der Waals surface area contributed by atoms with Gasteiger partial charge in [-0.15, -0.1) is 0 Å². The molecule has 0 radical (unpaired) electrons. The normalized spacial score (nSPS) is 12.0. The number of nitrogens with one attached hydrogen (secondary N) is 1. The van der Waals surface area contributed by atoms with Crippen LogP contribution in [-0.4, -0.2) is 25.5 Å². The molecule has 2 rings (SSSR count). The number of hydrogen-bond acceptors (Lipinski definition) is 4. The highest BCUT2D eigenvalue weighted by atomic mass is 32.2. The fourth-order valence-corrected chi connectivity index (χ4v) is 3.62. The van der Waals surface area contributed by atoms with E-state index in [1.807, 2.05) is 45.9 Å². The van der Waals surface area contributed by atoms with Crippen molar-refractivity contribution < 1.29 is 8.42 Å². The summed E-state index contributed by atoms with van der Waals surface area (Å²) in [6, 6.07) is 12.3. The summed E-state index contributed by atoms with van der Waals surface area (Å²) in [5.41, 5.74) is 0.513. The molecule has 1 aromatic carbocycles. The topological polar surface area (TPSA) is 62.3 Å². The van der Waals surface area contributed by atoms with Gasteiger partial charge in [0.25, 0.3) is 10.0 Å². The van der Waals surface area contributed by atoms with Crippen LogP contribution in [0.5, 0.6) is 0 Å². The predicted octanol–water partition coefficient (Wildman–Crippen LogP) is 3.51. The molecule has 0 aliphatic rings. The van der Waals surface area contributed by atoms with Crippen LogP contribution >= 0.6 is 0 Å². The molecule has 0 aliphatic carbocycles. The molecular weight excluding hydrogens is 310 g/mol. The van der Waals surface area contributed by atoms with Gasteiger partial charge in [0, 0.05) is 18.3 Å². The average molecular weight is 333 g/mol. The van der Waals surface area contributed by atoms with Gasteiger partial charge in [-0.3, -0.25) is 4.31 Å². The Bertz CT molecular complexity index is 736. The van der Waals surface area contributed by atoms with Crippen molar-refractivity contribution in [2.75, 3.05) is 16.2 Å². The van der Waals surface area contributed by atoms with Gasteiger partial charge in [-0.05, 0) is 52.0 Å². The van der Waals surface area contributed by atoms with Crippen molar-refractivity contribution in [1.82, 2.24) is 4.98 Å². The van der Waals surface area contributed by atoms with Gasteiger partial charge in [0.15, 0.2) is 0 Å². The highest BCUT2D eigenvalue weighted by molar-refractivity contribution is 7.92. The molecule has 2 aromatic rings. The summed E-state index contributed by atoms with van der Waals surface area (Å²) in [5.74, 6) is 0.652.